The molecule has 1 heterocycles. The summed E-state index contributed by atoms with van der Waals surface area (Å²) in [5, 5.41) is 21.2. The van der Waals surface area contributed by atoms with Crippen molar-refractivity contribution in [1.82, 2.24) is 5.32 Å². The van der Waals surface area contributed by atoms with E-state index in [1.807, 2.05) is 24.3 Å². The molecule has 2 aromatic carbocycles. The lowest BCUT2D eigenvalue weighted by Crippen LogP contribution is -2.37. The van der Waals surface area contributed by atoms with Gasteiger partial charge in [0.25, 0.3) is 5.91 Å². The van der Waals surface area contributed by atoms with Gasteiger partial charge in [0.05, 0.1) is 12.6 Å². The highest BCUT2D eigenvalue weighted by atomic mass is 16.4. The van der Waals surface area contributed by atoms with Crippen molar-refractivity contribution in [1.29, 1.82) is 0 Å². The molecule has 31 heavy (non-hydrogen) atoms. The van der Waals surface area contributed by atoms with Crippen LogP contribution >= 0.6 is 0 Å². The minimum atomic E-state index is -1.08. The fraction of sp³-hybridized carbons (Fsp3) is 0.318. The maximum Gasteiger partial charge on any atom is 0.320 e. The Labute approximate surface area is 180 Å². The van der Waals surface area contributed by atoms with Crippen molar-refractivity contribution in [2.24, 2.45) is 16.5 Å². The van der Waals surface area contributed by atoms with Crippen molar-refractivity contribution in [2.75, 3.05) is 18.0 Å². The van der Waals surface area contributed by atoms with Gasteiger partial charge in [0.1, 0.15) is 6.04 Å². The van der Waals surface area contributed by atoms with Gasteiger partial charge >= 0.3 is 5.97 Å². The highest BCUT2D eigenvalue weighted by Gasteiger charge is 2.22. The highest BCUT2D eigenvalue weighted by Crippen LogP contribution is 2.25. The molecule has 3 rings (SSSR count). The molecule has 1 aliphatic heterocycles. The van der Waals surface area contributed by atoms with Gasteiger partial charge in [0.2, 0.25) is 0 Å². The van der Waals surface area contributed by atoms with Gasteiger partial charge in [0.15, 0.2) is 5.96 Å². The van der Waals surface area contributed by atoms with Crippen LogP contribution in [-0.2, 0) is 17.8 Å². The van der Waals surface area contributed by atoms with Crippen LogP contribution in [0, 0.1) is 0 Å². The number of nitrogens with one attached hydrogen (secondary N) is 1. The van der Waals surface area contributed by atoms with Crippen molar-refractivity contribution in [3.8, 4) is 0 Å². The molecular weight excluding hydrogens is 398 g/mol. The summed E-state index contributed by atoms with van der Waals surface area (Å²) in [6, 6.07) is 13.3. The van der Waals surface area contributed by atoms with Gasteiger partial charge in [0, 0.05) is 24.3 Å². The Balaban J connectivity index is 1.60. The number of aliphatic hydroxyl groups is 1. The van der Waals surface area contributed by atoms with Crippen LogP contribution in [-0.4, -0.2) is 53.3 Å². The van der Waals surface area contributed by atoms with Gasteiger partial charge in [-0.05, 0) is 42.2 Å². The Morgan fingerprint density at radius 1 is 1.19 bits per heavy atom. The number of hydrogen-bond donors (Lipinski definition) is 5. The van der Waals surface area contributed by atoms with Crippen LogP contribution in [0.1, 0.15) is 27.9 Å². The number of carbonyl (C=O) groups is 2. The molecule has 9 heteroatoms. The average molecular weight is 425 g/mol. The van der Waals surface area contributed by atoms with Gasteiger partial charge in [-0.15, -0.1) is 0 Å². The maximum absolute atomic E-state index is 12.4. The number of benzene rings is 2. The molecule has 0 saturated carbocycles. The number of amides is 1. The number of hydrogen-bond acceptors (Lipinski definition) is 6. The molecule has 1 amide bonds. The summed E-state index contributed by atoms with van der Waals surface area (Å²) in [4.78, 5) is 29.6. The first-order valence-corrected chi connectivity index (χ1v) is 10.0. The lowest BCUT2D eigenvalue weighted by atomic mass is 10.0. The number of nitrogens with zero attached hydrogens (tertiary/aromatic N) is 2. The lowest BCUT2D eigenvalue weighted by molar-refractivity contribution is -0.138. The molecule has 7 N–H and O–H groups in total. The number of aliphatic hydroxyl groups excluding tert-OH is 1. The summed E-state index contributed by atoms with van der Waals surface area (Å²) in [5.74, 6) is -1.49. The minimum absolute atomic E-state index is 0.00163. The smallest absolute Gasteiger partial charge is 0.320 e. The number of rotatable bonds is 7. The number of nitrogens with two attached hydrogens (primary N) is 2. The average Bonchev–Trinajstić information content (AvgIpc) is 3.19. The summed E-state index contributed by atoms with van der Waals surface area (Å²) in [7, 11) is 0. The molecule has 1 fully saturated rings. The Bertz CT molecular complexity index is 961. The molecule has 2 atom stereocenters. The van der Waals surface area contributed by atoms with E-state index < -0.39 is 17.9 Å². The molecule has 0 bridgehead atoms. The Morgan fingerprint density at radius 2 is 1.90 bits per heavy atom. The third-order valence-electron chi connectivity index (χ3n) is 5.15. The fourth-order valence-corrected chi connectivity index (χ4v) is 3.45. The number of para-hydroxylation sites is 1. The standard InChI is InChI=1S/C22H27N5O4/c23-18(21(30)31)11-14-5-7-15(8-6-14)20(29)26-22(24)25-12-16-3-1-2-4-19(16)27-10-9-17(28)13-27/h1-8,17-18,28H,9-13,23H2,(H,30,31)(H3,24,25,26,29)/t17?,18-/m0/s1. The fourth-order valence-electron chi connectivity index (χ4n) is 3.45. The molecule has 0 radical (unpaired) electrons. The zero-order chi connectivity index (χ0) is 22.4. The number of guanidine groups is 1. The third-order valence-corrected chi connectivity index (χ3v) is 5.15. The van der Waals surface area contributed by atoms with Crippen LogP contribution in [0.15, 0.2) is 53.5 Å². The number of aliphatic carboxylic acids is 1. The van der Waals surface area contributed by atoms with Gasteiger partial charge in [-0.2, -0.15) is 0 Å². The van der Waals surface area contributed by atoms with Crippen LogP contribution in [0.5, 0.6) is 0 Å². The largest absolute Gasteiger partial charge is 0.480 e. The van der Waals surface area contributed by atoms with Crippen molar-refractivity contribution in [3.05, 3.63) is 65.2 Å². The van der Waals surface area contributed by atoms with E-state index in [9.17, 15) is 14.7 Å². The minimum Gasteiger partial charge on any atom is -0.480 e. The van der Waals surface area contributed by atoms with Crippen LogP contribution in [0.2, 0.25) is 0 Å². The van der Waals surface area contributed by atoms with E-state index in [1.54, 1.807) is 24.3 Å². The zero-order valence-corrected chi connectivity index (χ0v) is 17.1. The summed E-state index contributed by atoms with van der Waals surface area (Å²) >= 11 is 0. The normalized spacial score (nSPS) is 17.4. The van der Waals surface area contributed by atoms with Gasteiger partial charge in [-0.3, -0.25) is 14.9 Å². The number of aliphatic imine (C=N–C) groups is 1. The molecule has 9 nitrogen and oxygen atoms in total. The second kappa shape index (κ2) is 10.1. The number of carbonyl (C=O) groups excluding carboxylic acids is 1. The van der Waals surface area contributed by atoms with E-state index in [2.05, 4.69) is 15.2 Å². The quantitative estimate of drug-likeness (QED) is 0.319. The van der Waals surface area contributed by atoms with Gasteiger partial charge in [-0.1, -0.05) is 30.3 Å². The number of β-amino-alcohol motifs (C(OH)–C–C–N with tert-alkyl or cyclic N) is 1. The van der Waals surface area contributed by atoms with Crippen molar-refractivity contribution in [2.45, 2.75) is 31.5 Å². The predicted octanol–water partition coefficient (Wildman–Crippen LogP) is 0.457. The molecule has 1 unspecified atom stereocenters. The SMILES string of the molecule is NC(=NCc1ccccc1N1CCC(O)C1)NC(=O)c1ccc(C[C@H](N)C(=O)O)cc1. The van der Waals surface area contributed by atoms with Crippen molar-refractivity contribution >= 4 is 23.5 Å². The monoisotopic (exact) mass is 425 g/mol. The first kappa shape index (κ1) is 22.3. The zero-order valence-electron chi connectivity index (χ0n) is 17.1. The van der Waals surface area contributed by atoms with Crippen LogP contribution in [0.25, 0.3) is 0 Å². The molecule has 0 aliphatic carbocycles. The molecular formula is C22H27N5O4. The molecule has 2 aromatic rings. The molecule has 1 aliphatic rings. The van der Waals surface area contributed by atoms with Crippen molar-refractivity contribution < 1.29 is 19.8 Å². The summed E-state index contributed by atoms with van der Waals surface area (Å²) in [6.45, 7) is 1.66. The Hall–Kier alpha value is -3.43. The molecule has 0 spiro atoms. The van der Waals surface area contributed by atoms with E-state index >= 15 is 0 Å². The van der Waals surface area contributed by atoms with Crippen LogP contribution in [0.4, 0.5) is 5.69 Å². The van der Waals surface area contributed by atoms with Gasteiger partial charge < -0.3 is 26.6 Å². The van der Waals surface area contributed by atoms with E-state index in [1.165, 1.54) is 0 Å². The summed E-state index contributed by atoms with van der Waals surface area (Å²) in [5.41, 5.74) is 14.5. The maximum atomic E-state index is 12.4. The summed E-state index contributed by atoms with van der Waals surface area (Å²) < 4.78 is 0. The predicted molar refractivity (Wildman–Crippen MR) is 118 cm³/mol. The molecule has 1 saturated heterocycles. The van der Waals surface area contributed by atoms with Crippen molar-refractivity contribution in [3.63, 3.8) is 0 Å². The highest BCUT2D eigenvalue weighted by molar-refractivity contribution is 6.05. The molecule has 164 valence electrons. The van der Waals surface area contributed by atoms with Crippen LogP contribution < -0.4 is 21.7 Å². The first-order valence-electron chi connectivity index (χ1n) is 10.0. The number of anilines is 1. The Morgan fingerprint density at radius 3 is 2.55 bits per heavy atom. The number of carboxylic acid groups (broad SMARTS) is 1. The third kappa shape index (κ3) is 6.03. The topological polar surface area (TPSA) is 154 Å². The lowest BCUT2D eigenvalue weighted by Gasteiger charge is -2.21. The van der Waals surface area contributed by atoms with Gasteiger partial charge in [-0.25, -0.2) is 4.99 Å². The second-order valence-corrected chi connectivity index (χ2v) is 7.52. The van der Waals surface area contributed by atoms with E-state index in [0.717, 1.165) is 29.8 Å². The second-order valence-electron chi connectivity index (χ2n) is 7.52. The van der Waals surface area contributed by atoms with Crippen LogP contribution in [0.3, 0.4) is 0 Å². The van der Waals surface area contributed by atoms with E-state index in [0.29, 0.717) is 18.7 Å². The van der Waals surface area contributed by atoms with E-state index in [-0.39, 0.29) is 18.5 Å². The van der Waals surface area contributed by atoms with E-state index in [4.69, 9.17) is 16.6 Å². The Kier molecular flexibility index (Phi) is 7.22. The molecule has 0 aromatic heterocycles. The number of carboxylic acids is 1. The summed E-state index contributed by atoms with van der Waals surface area (Å²) in [6.07, 6.45) is 0.581. The first-order chi connectivity index (χ1) is 14.8.